The molecule has 1 atom stereocenters. The van der Waals surface area contributed by atoms with Crippen LogP contribution < -0.4 is 0 Å². The zero-order chi connectivity index (χ0) is 25.8. The molecule has 6 heteroatoms. The van der Waals surface area contributed by atoms with E-state index < -0.39 is 5.97 Å². The van der Waals surface area contributed by atoms with Gasteiger partial charge in [-0.2, -0.15) is 0 Å². The van der Waals surface area contributed by atoms with Gasteiger partial charge in [0.05, 0.1) is 29.8 Å². The van der Waals surface area contributed by atoms with Crippen molar-refractivity contribution in [1.82, 2.24) is 4.98 Å². The van der Waals surface area contributed by atoms with Gasteiger partial charge in [0.2, 0.25) is 0 Å². The molecule has 0 radical (unpaired) electrons. The van der Waals surface area contributed by atoms with E-state index in [1.54, 1.807) is 23.5 Å². The number of aryl methyl sites for hydroxylation is 1. The summed E-state index contributed by atoms with van der Waals surface area (Å²) in [4.78, 5) is 31.4. The number of halogens is 1. The van der Waals surface area contributed by atoms with Gasteiger partial charge >= 0.3 is 5.97 Å². The Balaban J connectivity index is 1.45. The Morgan fingerprint density at radius 2 is 1.78 bits per heavy atom. The number of methoxy groups -OCH3 is 1. The molecule has 3 aromatic carbocycles. The molecule has 1 unspecified atom stereocenters. The minimum Gasteiger partial charge on any atom is -0.465 e. The summed E-state index contributed by atoms with van der Waals surface area (Å²) in [6.45, 7) is 0. The van der Waals surface area contributed by atoms with Gasteiger partial charge in [0.1, 0.15) is 0 Å². The molecule has 0 bridgehead atoms. The number of esters is 1. The van der Waals surface area contributed by atoms with E-state index in [0.29, 0.717) is 22.6 Å². The van der Waals surface area contributed by atoms with Crippen LogP contribution in [-0.2, 0) is 11.2 Å². The van der Waals surface area contributed by atoms with Crippen molar-refractivity contribution >= 4 is 45.6 Å². The van der Waals surface area contributed by atoms with Crippen LogP contribution in [0.25, 0.3) is 10.9 Å². The van der Waals surface area contributed by atoms with E-state index in [1.165, 1.54) is 7.11 Å². The van der Waals surface area contributed by atoms with Crippen LogP contribution in [0, 0.1) is 0 Å². The van der Waals surface area contributed by atoms with E-state index in [4.69, 9.17) is 21.3 Å². The van der Waals surface area contributed by atoms with Crippen molar-refractivity contribution in [3.8, 4) is 0 Å². The van der Waals surface area contributed by atoms with Gasteiger partial charge in [-0.25, -0.2) is 4.79 Å². The summed E-state index contributed by atoms with van der Waals surface area (Å²) in [5.41, 5.74) is 4.66. The van der Waals surface area contributed by atoms with Crippen molar-refractivity contribution in [3.05, 3.63) is 134 Å². The van der Waals surface area contributed by atoms with Gasteiger partial charge < -0.3 is 4.74 Å². The highest BCUT2D eigenvalue weighted by atomic mass is 35.5. The maximum Gasteiger partial charge on any atom is 0.338 e. The number of ether oxygens (including phenoxy) is 1. The van der Waals surface area contributed by atoms with Crippen molar-refractivity contribution in [1.29, 1.82) is 0 Å². The van der Waals surface area contributed by atoms with E-state index in [9.17, 15) is 9.59 Å². The molecule has 0 amide bonds. The first-order valence-electron chi connectivity index (χ1n) is 11.9. The molecule has 0 saturated heterocycles. The van der Waals surface area contributed by atoms with E-state index in [1.807, 2.05) is 72.1 Å². The van der Waals surface area contributed by atoms with Crippen molar-refractivity contribution in [2.24, 2.45) is 0 Å². The van der Waals surface area contributed by atoms with E-state index >= 15 is 0 Å². The molecule has 4 nitrogen and oxygen atoms in total. The van der Waals surface area contributed by atoms with E-state index in [-0.39, 0.29) is 18.1 Å². The van der Waals surface area contributed by atoms with Crippen LogP contribution in [0.4, 0.5) is 0 Å². The third-order valence-electron chi connectivity index (χ3n) is 6.39. The van der Waals surface area contributed by atoms with Crippen LogP contribution in [0.3, 0.4) is 0 Å². The zero-order valence-corrected chi connectivity index (χ0v) is 21.8. The molecular formula is C31H24ClNO3S. The molecule has 5 aromatic rings. The van der Waals surface area contributed by atoms with Gasteiger partial charge in [0.25, 0.3) is 0 Å². The third kappa shape index (κ3) is 5.48. The van der Waals surface area contributed by atoms with Crippen LogP contribution in [0.5, 0.6) is 0 Å². The Labute approximate surface area is 224 Å². The summed E-state index contributed by atoms with van der Waals surface area (Å²) in [6.07, 6.45) is 0.740. The minimum atomic E-state index is -0.395. The molecule has 0 spiro atoms. The maximum atomic E-state index is 13.2. The molecule has 184 valence electrons. The number of ketones is 1. The fourth-order valence-electron chi connectivity index (χ4n) is 4.53. The number of aromatic nitrogens is 1. The molecule has 2 heterocycles. The van der Waals surface area contributed by atoms with Crippen molar-refractivity contribution in [2.45, 2.75) is 18.8 Å². The van der Waals surface area contributed by atoms with E-state index in [2.05, 4.69) is 12.1 Å². The quantitative estimate of drug-likeness (QED) is 0.154. The molecule has 2 aromatic heterocycles. The number of Topliss-reactive ketones (excluding diaryl/α,β-unsaturated/α-hetero) is 1. The number of nitrogens with zero attached hydrogens (tertiary/aromatic N) is 1. The molecule has 0 aliphatic heterocycles. The summed E-state index contributed by atoms with van der Waals surface area (Å²) in [5.74, 6) is -0.492. The molecule has 37 heavy (non-hydrogen) atoms. The predicted octanol–water partition coefficient (Wildman–Crippen LogP) is 7.73. The van der Waals surface area contributed by atoms with E-state index in [0.717, 1.165) is 32.6 Å². The van der Waals surface area contributed by atoms with Crippen molar-refractivity contribution in [3.63, 3.8) is 0 Å². The number of thiophene rings is 1. The van der Waals surface area contributed by atoms with Crippen molar-refractivity contribution < 1.29 is 14.3 Å². The first kappa shape index (κ1) is 24.9. The van der Waals surface area contributed by atoms with Gasteiger partial charge in [-0.05, 0) is 59.3 Å². The summed E-state index contributed by atoms with van der Waals surface area (Å²) in [6, 6.07) is 28.9. The van der Waals surface area contributed by atoms with Gasteiger partial charge in [-0.3, -0.25) is 9.78 Å². The largest absolute Gasteiger partial charge is 0.465 e. The number of carbonyl (C=O) groups excluding carboxylic acids is 2. The Bertz CT molecular complexity index is 1580. The summed E-state index contributed by atoms with van der Waals surface area (Å²) >= 11 is 7.89. The predicted molar refractivity (Wildman–Crippen MR) is 149 cm³/mol. The third-order valence-corrected chi connectivity index (χ3v) is 7.56. The highest BCUT2D eigenvalue weighted by Crippen LogP contribution is 2.35. The number of pyridine rings is 1. The average Bonchev–Trinajstić information content (AvgIpc) is 3.46. The van der Waals surface area contributed by atoms with Crippen LogP contribution in [-0.4, -0.2) is 23.8 Å². The molecule has 0 saturated carbocycles. The SMILES string of the molecule is COC(=O)c1ccccc1CCC(=O)c1cccc(C(c2ccc3ccc(Cl)cc3n2)c2cccs2)c1. The first-order valence-corrected chi connectivity index (χ1v) is 13.2. The Morgan fingerprint density at radius 1 is 0.946 bits per heavy atom. The highest BCUT2D eigenvalue weighted by molar-refractivity contribution is 7.10. The second kappa shape index (κ2) is 11.1. The lowest BCUT2D eigenvalue weighted by Gasteiger charge is -2.17. The number of hydrogen-bond acceptors (Lipinski definition) is 5. The Morgan fingerprint density at radius 3 is 2.59 bits per heavy atom. The fraction of sp³-hybridized carbons (Fsp3) is 0.129. The molecule has 0 aliphatic rings. The fourth-order valence-corrected chi connectivity index (χ4v) is 5.57. The highest BCUT2D eigenvalue weighted by Gasteiger charge is 2.21. The topological polar surface area (TPSA) is 56.3 Å². The smallest absolute Gasteiger partial charge is 0.338 e. The number of fused-ring (bicyclic) bond motifs is 1. The Kier molecular flexibility index (Phi) is 7.45. The summed E-state index contributed by atoms with van der Waals surface area (Å²) in [5, 5.41) is 3.72. The Hall–Kier alpha value is -3.80. The maximum absolute atomic E-state index is 13.2. The van der Waals surface area contributed by atoms with Crippen LogP contribution in [0.2, 0.25) is 5.02 Å². The van der Waals surface area contributed by atoms with Crippen LogP contribution in [0.1, 0.15) is 54.8 Å². The molecular weight excluding hydrogens is 502 g/mol. The summed E-state index contributed by atoms with van der Waals surface area (Å²) < 4.78 is 4.89. The summed E-state index contributed by atoms with van der Waals surface area (Å²) in [7, 11) is 1.36. The van der Waals surface area contributed by atoms with Gasteiger partial charge in [-0.15, -0.1) is 11.3 Å². The van der Waals surface area contributed by atoms with Gasteiger partial charge in [0.15, 0.2) is 5.78 Å². The molecule has 0 N–H and O–H groups in total. The molecule has 0 aliphatic carbocycles. The monoisotopic (exact) mass is 525 g/mol. The average molecular weight is 526 g/mol. The lowest BCUT2D eigenvalue weighted by molar-refractivity contribution is 0.0599. The zero-order valence-electron chi connectivity index (χ0n) is 20.2. The second-order valence-electron chi connectivity index (χ2n) is 8.72. The number of benzene rings is 3. The van der Waals surface area contributed by atoms with Gasteiger partial charge in [-0.1, -0.05) is 66.2 Å². The number of hydrogen-bond donors (Lipinski definition) is 0. The first-order chi connectivity index (χ1) is 18.0. The standard InChI is InChI=1S/C31H24ClNO3S/c1-36-31(35)25-9-3-2-6-20(25)13-16-28(34)22-7-4-8-23(18-22)30(29-10-5-17-37-29)26-15-12-21-11-14-24(32)19-27(21)33-26/h2-12,14-15,17-19,30H,13,16H2,1H3. The normalized spacial score (nSPS) is 11.8. The van der Waals surface area contributed by atoms with Gasteiger partial charge in [0, 0.05) is 27.3 Å². The molecule has 5 rings (SSSR count). The lowest BCUT2D eigenvalue weighted by Crippen LogP contribution is -2.09. The van der Waals surface area contributed by atoms with Crippen LogP contribution in [0.15, 0.2) is 96.4 Å². The minimum absolute atomic E-state index is 0.0182. The van der Waals surface area contributed by atoms with Crippen LogP contribution >= 0.6 is 22.9 Å². The van der Waals surface area contributed by atoms with Crippen molar-refractivity contribution in [2.75, 3.05) is 7.11 Å². The number of carbonyl (C=O) groups is 2. The number of rotatable bonds is 8. The second-order valence-corrected chi connectivity index (χ2v) is 10.1. The molecule has 0 fully saturated rings. The lowest BCUT2D eigenvalue weighted by atomic mass is 9.90.